The molecular formula is C9H9F2N3O. The Labute approximate surface area is 85.3 Å². The van der Waals surface area contributed by atoms with Crippen molar-refractivity contribution in [3.63, 3.8) is 0 Å². The number of methoxy groups -OCH3 is 1. The first-order valence-corrected chi connectivity index (χ1v) is 4.10. The van der Waals surface area contributed by atoms with Crippen molar-refractivity contribution in [1.82, 2.24) is 4.98 Å². The van der Waals surface area contributed by atoms with Crippen LogP contribution in [0.4, 0.5) is 8.78 Å². The van der Waals surface area contributed by atoms with Crippen LogP contribution in [0.25, 0.3) is 0 Å². The fourth-order valence-corrected chi connectivity index (χ4v) is 1.18. The molecule has 0 fully saturated rings. The van der Waals surface area contributed by atoms with E-state index in [9.17, 15) is 8.78 Å². The van der Waals surface area contributed by atoms with Crippen LogP contribution in [-0.4, -0.2) is 12.1 Å². The quantitative estimate of drug-likeness (QED) is 0.822. The summed E-state index contributed by atoms with van der Waals surface area (Å²) in [4.78, 5) is 3.48. The molecule has 0 unspecified atom stereocenters. The van der Waals surface area contributed by atoms with E-state index in [1.807, 2.05) is 0 Å². The van der Waals surface area contributed by atoms with Gasteiger partial charge in [-0.15, -0.1) is 0 Å². The Kier molecular flexibility index (Phi) is 3.52. The summed E-state index contributed by atoms with van der Waals surface area (Å²) in [7, 11) is 1.33. The van der Waals surface area contributed by atoms with Crippen LogP contribution in [0.15, 0.2) is 6.07 Å². The summed E-state index contributed by atoms with van der Waals surface area (Å²) in [6.07, 6.45) is -2.73. The maximum Gasteiger partial charge on any atom is 0.280 e. The summed E-state index contributed by atoms with van der Waals surface area (Å²) in [6, 6.07) is 2.83. The van der Waals surface area contributed by atoms with Crippen LogP contribution < -0.4 is 10.5 Å². The maximum atomic E-state index is 12.4. The molecule has 0 aliphatic rings. The van der Waals surface area contributed by atoms with Crippen LogP contribution in [0.5, 0.6) is 5.75 Å². The highest BCUT2D eigenvalue weighted by atomic mass is 19.3. The predicted octanol–water partition coefficient (Wildman–Crippen LogP) is 1.36. The first-order valence-electron chi connectivity index (χ1n) is 4.10. The van der Waals surface area contributed by atoms with Gasteiger partial charge in [-0.1, -0.05) is 0 Å². The average Bonchev–Trinajstić information content (AvgIpc) is 2.26. The maximum absolute atomic E-state index is 12.4. The molecule has 0 aromatic carbocycles. The van der Waals surface area contributed by atoms with Gasteiger partial charge in [0, 0.05) is 12.1 Å². The van der Waals surface area contributed by atoms with Gasteiger partial charge in [-0.2, -0.15) is 5.26 Å². The van der Waals surface area contributed by atoms with Gasteiger partial charge in [0.25, 0.3) is 6.43 Å². The molecule has 1 rings (SSSR count). The van der Waals surface area contributed by atoms with E-state index < -0.39 is 12.1 Å². The van der Waals surface area contributed by atoms with E-state index in [1.165, 1.54) is 7.11 Å². The van der Waals surface area contributed by atoms with Gasteiger partial charge in [-0.3, -0.25) is 0 Å². The molecule has 0 saturated heterocycles. The Morgan fingerprint density at radius 1 is 1.67 bits per heavy atom. The van der Waals surface area contributed by atoms with Crippen LogP contribution in [0, 0.1) is 11.3 Å². The molecule has 0 radical (unpaired) electrons. The average molecular weight is 213 g/mol. The second-order valence-electron chi connectivity index (χ2n) is 2.70. The highest BCUT2D eigenvalue weighted by molar-refractivity contribution is 5.45. The third-order valence-corrected chi connectivity index (χ3v) is 1.82. The van der Waals surface area contributed by atoms with Crippen molar-refractivity contribution in [3.05, 3.63) is 23.0 Å². The number of alkyl halides is 2. The molecule has 80 valence electrons. The molecule has 0 aliphatic carbocycles. The Bertz CT molecular complexity index is 401. The standard InChI is InChI=1S/C9H9F2N3O/c1-15-8-5(3-12)2-6(9(10)11)14-7(8)4-13/h2,9H,3,12H2,1H3. The normalized spacial score (nSPS) is 10.1. The number of rotatable bonds is 3. The Morgan fingerprint density at radius 2 is 2.33 bits per heavy atom. The van der Waals surface area contributed by atoms with E-state index in [0.29, 0.717) is 5.56 Å². The number of nitrogens with zero attached hydrogens (tertiary/aromatic N) is 2. The van der Waals surface area contributed by atoms with E-state index in [4.69, 9.17) is 15.7 Å². The largest absolute Gasteiger partial charge is 0.493 e. The predicted molar refractivity (Wildman–Crippen MR) is 48.4 cm³/mol. The van der Waals surface area contributed by atoms with Crippen LogP contribution in [0.2, 0.25) is 0 Å². The van der Waals surface area contributed by atoms with Crippen LogP contribution in [-0.2, 0) is 6.54 Å². The number of pyridine rings is 1. The number of nitrogens with two attached hydrogens (primary N) is 1. The molecule has 4 nitrogen and oxygen atoms in total. The van der Waals surface area contributed by atoms with Crippen LogP contribution in [0.3, 0.4) is 0 Å². The lowest BCUT2D eigenvalue weighted by Gasteiger charge is -2.09. The fraction of sp³-hybridized carbons (Fsp3) is 0.333. The Balaban J connectivity index is 3.37. The van der Waals surface area contributed by atoms with E-state index in [1.54, 1.807) is 6.07 Å². The summed E-state index contributed by atoms with van der Waals surface area (Å²) in [5.74, 6) is 0.157. The van der Waals surface area contributed by atoms with Gasteiger partial charge < -0.3 is 10.5 Å². The minimum Gasteiger partial charge on any atom is -0.493 e. The minimum atomic E-state index is -2.73. The highest BCUT2D eigenvalue weighted by Crippen LogP contribution is 2.26. The first kappa shape index (κ1) is 11.3. The molecule has 1 aromatic heterocycles. The lowest BCUT2D eigenvalue weighted by Crippen LogP contribution is -2.06. The number of halogens is 2. The molecule has 6 heteroatoms. The SMILES string of the molecule is COc1c(CN)cc(C(F)F)nc1C#N. The number of hydrogen-bond donors (Lipinski definition) is 1. The second-order valence-corrected chi connectivity index (χ2v) is 2.70. The minimum absolute atomic E-state index is 0.0140. The summed E-state index contributed by atoms with van der Waals surface area (Å²) in [6.45, 7) is 0.0140. The van der Waals surface area contributed by atoms with Crippen LogP contribution >= 0.6 is 0 Å². The molecule has 0 bridgehead atoms. The van der Waals surface area contributed by atoms with Crippen molar-refractivity contribution in [1.29, 1.82) is 5.26 Å². The molecule has 1 heterocycles. The molecule has 0 atom stereocenters. The van der Waals surface area contributed by atoms with Gasteiger partial charge in [0.05, 0.1) is 7.11 Å². The van der Waals surface area contributed by atoms with Crippen molar-refractivity contribution < 1.29 is 13.5 Å². The van der Waals surface area contributed by atoms with Gasteiger partial charge in [-0.25, -0.2) is 13.8 Å². The van der Waals surface area contributed by atoms with Crippen molar-refractivity contribution in [3.8, 4) is 11.8 Å². The molecule has 15 heavy (non-hydrogen) atoms. The molecule has 0 saturated carbocycles. The fourth-order valence-electron chi connectivity index (χ4n) is 1.18. The van der Waals surface area contributed by atoms with Crippen molar-refractivity contribution >= 4 is 0 Å². The van der Waals surface area contributed by atoms with Crippen molar-refractivity contribution in [2.45, 2.75) is 13.0 Å². The second kappa shape index (κ2) is 4.66. The Hall–Kier alpha value is -1.74. The van der Waals surface area contributed by atoms with Gasteiger partial charge in [0.15, 0.2) is 11.4 Å². The number of hydrogen-bond acceptors (Lipinski definition) is 4. The lowest BCUT2D eigenvalue weighted by atomic mass is 10.1. The van der Waals surface area contributed by atoms with Gasteiger partial charge in [0.1, 0.15) is 11.8 Å². The molecule has 0 aliphatic heterocycles. The third kappa shape index (κ3) is 2.19. The van der Waals surface area contributed by atoms with E-state index in [0.717, 1.165) is 6.07 Å². The zero-order valence-electron chi connectivity index (χ0n) is 8.00. The van der Waals surface area contributed by atoms with E-state index in [2.05, 4.69) is 4.98 Å². The van der Waals surface area contributed by atoms with Gasteiger partial charge >= 0.3 is 0 Å². The molecular weight excluding hydrogens is 204 g/mol. The Morgan fingerprint density at radius 3 is 2.73 bits per heavy atom. The van der Waals surface area contributed by atoms with Crippen LogP contribution in [0.1, 0.15) is 23.4 Å². The third-order valence-electron chi connectivity index (χ3n) is 1.82. The number of ether oxygens (including phenoxy) is 1. The zero-order chi connectivity index (χ0) is 11.4. The summed E-state index contributed by atoms with van der Waals surface area (Å²) in [5, 5.41) is 8.70. The monoisotopic (exact) mass is 213 g/mol. The van der Waals surface area contributed by atoms with Gasteiger partial charge in [-0.05, 0) is 6.07 Å². The molecule has 0 spiro atoms. The number of nitriles is 1. The summed E-state index contributed by atoms with van der Waals surface area (Å²) < 4.78 is 29.6. The van der Waals surface area contributed by atoms with Crippen molar-refractivity contribution in [2.75, 3.05) is 7.11 Å². The smallest absolute Gasteiger partial charge is 0.280 e. The summed E-state index contributed by atoms with van der Waals surface area (Å²) >= 11 is 0. The highest BCUT2D eigenvalue weighted by Gasteiger charge is 2.17. The molecule has 1 aromatic rings. The zero-order valence-corrected chi connectivity index (χ0v) is 8.00. The van der Waals surface area contributed by atoms with Crippen molar-refractivity contribution in [2.24, 2.45) is 5.73 Å². The molecule has 2 N–H and O–H groups in total. The topological polar surface area (TPSA) is 71.9 Å². The first-order chi connectivity index (χ1) is 7.13. The molecule has 0 amide bonds. The summed E-state index contributed by atoms with van der Waals surface area (Å²) in [5.41, 5.74) is 5.07. The van der Waals surface area contributed by atoms with E-state index in [-0.39, 0.29) is 18.0 Å². The van der Waals surface area contributed by atoms with E-state index >= 15 is 0 Å². The number of aromatic nitrogens is 1. The van der Waals surface area contributed by atoms with Gasteiger partial charge in [0.2, 0.25) is 0 Å². The lowest BCUT2D eigenvalue weighted by molar-refractivity contribution is 0.145.